The van der Waals surface area contributed by atoms with E-state index >= 15 is 0 Å². The van der Waals surface area contributed by atoms with E-state index in [4.69, 9.17) is 0 Å². The van der Waals surface area contributed by atoms with Gasteiger partial charge in [-0.1, -0.05) is 37.8 Å². The van der Waals surface area contributed by atoms with Crippen LogP contribution in [-0.4, -0.2) is 35.1 Å². The second-order valence-corrected chi connectivity index (χ2v) is 12.1. The predicted octanol–water partition coefficient (Wildman–Crippen LogP) is 7.26. The van der Waals surface area contributed by atoms with Gasteiger partial charge in [0, 0.05) is 25.6 Å². The van der Waals surface area contributed by atoms with Gasteiger partial charge in [0.05, 0.1) is 5.56 Å². The van der Waals surface area contributed by atoms with Crippen molar-refractivity contribution in [3.05, 3.63) is 35.4 Å². The van der Waals surface area contributed by atoms with Gasteiger partial charge in [-0.05, 0) is 91.7 Å². The lowest BCUT2D eigenvalue weighted by Crippen LogP contribution is -2.59. The number of carboxylic acids is 1. The number of hydrogen-bond donors (Lipinski definition) is 1. The molecule has 1 aromatic carbocycles. The molecule has 188 valence electrons. The summed E-state index contributed by atoms with van der Waals surface area (Å²) in [4.78, 5) is 14.2. The first-order valence-corrected chi connectivity index (χ1v) is 13.3. The molecular formula is C28H38F3NO2. The summed E-state index contributed by atoms with van der Waals surface area (Å²) in [6.07, 6.45) is 10.3. The van der Waals surface area contributed by atoms with E-state index in [9.17, 15) is 23.1 Å². The SMILES string of the molecule is O=C(O)C[C@@H]1CC[C@@H](N2CC3(CCCCC3)CC3(CCC3)C2)[C@H](c2ccc(C(F)(F)F)cc2)C1. The van der Waals surface area contributed by atoms with Crippen LogP contribution in [0, 0.1) is 16.7 Å². The second-order valence-electron chi connectivity index (χ2n) is 12.1. The molecule has 1 N–H and O–H groups in total. The van der Waals surface area contributed by atoms with Crippen LogP contribution in [0.2, 0.25) is 0 Å². The molecule has 3 nitrogen and oxygen atoms in total. The number of likely N-dealkylation sites (tertiary alicyclic amines) is 1. The molecule has 1 aromatic rings. The van der Waals surface area contributed by atoms with E-state index in [2.05, 4.69) is 4.90 Å². The highest BCUT2D eigenvalue weighted by Crippen LogP contribution is 2.58. The summed E-state index contributed by atoms with van der Waals surface area (Å²) < 4.78 is 39.6. The molecule has 0 aromatic heterocycles. The third-order valence-electron chi connectivity index (χ3n) is 9.68. The van der Waals surface area contributed by atoms with Crippen molar-refractivity contribution in [1.29, 1.82) is 0 Å². The summed E-state index contributed by atoms with van der Waals surface area (Å²) in [5.41, 5.74) is 1.16. The number of piperidine rings is 1. The van der Waals surface area contributed by atoms with E-state index in [1.807, 2.05) is 0 Å². The fourth-order valence-corrected chi connectivity index (χ4v) is 8.10. The van der Waals surface area contributed by atoms with Gasteiger partial charge < -0.3 is 5.11 Å². The average Bonchev–Trinajstić information content (AvgIpc) is 2.77. The van der Waals surface area contributed by atoms with Gasteiger partial charge in [0.25, 0.3) is 0 Å². The number of benzene rings is 1. The van der Waals surface area contributed by atoms with Crippen LogP contribution in [0.1, 0.15) is 101 Å². The minimum Gasteiger partial charge on any atom is -0.481 e. The summed E-state index contributed by atoms with van der Waals surface area (Å²) in [6.45, 7) is 2.22. The Balaban J connectivity index is 1.43. The average molecular weight is 478 g/mol. The maximum absolute atomic E-state index is 13.2. The molecular weight excluding hydrogens is 439 g/mol. The Morgan fingerprint density at radius 1 is 0.941 bits per heavy atom. The Labute approximate surface area is 201 Å². The molecule has 34 heavy (non-hydrogen) atoms. The normalized spacial score (nSPS) is 31.3. The molecule has 6 heteroatoms. The summed E-state index contributed by atoms with van der Waals surface area (Å²) >= 11 is 0. The standard InChI is InChI=1S/C28H38F3NO2/c29-28(30,31)22-8-6-21(7-9-22)23-15-20(16-25(33)34)5-10-24(23)32-18-26(11-2-1-3-12-26)17-27(19-32)13-4-14-27/h6-9,20,23-24H,1-5,10-19H2,(H,33,34)/t20-,23+,24-/m1/s1. The van der Waals surface area contributed by atoms with E-state index in [0.717, 1.165) is 37.9 Å². The fraction of sp³-hybridized carbons (Fsp3) is 0.750. The van der Waals surface area contributed by atoms with Crippen LogP contribution in [0.4, 0.5) is 13.2 Å². The molecule has 2 spiro atoms. The predicted molar refractivity (Wildman–Crippen MR) is 126 cm³/mol. The molecule has 1 aliphatic heterocycles. The van der Waals surface area contributed by atoms with Crippen LogP contribution in [0.5, 0.6) is 0 Å². The number of aliphatic carboxylic acids is 1. The molecule has 3 atom stereocenters. The quantitative estimate of drug-likeness (QED) is 0.496. The van der Waals surface area contributed by atoms with Crippen molar-refractivity contribution in [2.24, 2.45) is 16.7 Å². The molecule has 5 rings (SSSR count). The minimum absolute atomic E-state index is 0.0899. The second kappa shape index (κ2) is 9.15. The molecule has 1 saturated heterocycles. The number of rotatable bonds is 4. The van der Waals surface area contributed by atoms with Gasteiger partial charge in [-0.25, -0.2) is 0 Å². The number of alkyl halides is 3. The Bertz CT molecular complexity index is 871. The smallest absolute Gasteiger partial charge is 0.416 e. The van der Waals surface area contributed by atoms with Gasteiger partial charge in [0.1, 0.15) is 0 Å². The molecule has 1 heterocycles. The summed E-state index contributed by atoms with van der Waals surface area (Å²) in [7, 11) is 0. The maximum atomic E-state index is 13.2. The zero-order valence-corrected chi connectivity index (χ0v) is 20.1. The van der Waals surface area contributed by atoms with Crippen LogP contribution in [0.25, 0.3) is 0 Å². The Morgan fingerprint density at radius 3 is 2.09 bits per heavy atom. The van der Waals surface area contributed by atoms with Crippen molar-refractivity contribution >= 4 is 5.97 Å². The van der Waals surface area contributed by atoms with Crippen molar-refractivity contribution < 1.29 is 23.1 Å². The van der Waals surface area contributed by atoms with Gasteiger partial charge in [-0.15, -0.1) is 0 Å². The summed E-state index contributed by atoms with van der Waals surface area (Å²) in [5.74, 6) is -0.592. The molecule has 4 aliphatic rings. The number of halogens is 3. The molecule has 0 amide bonds. The van der Waals surface area contributed by atoms with Crippen molar-refractivity contribution in [1.82, 2.24) is 4.90 Å². The molecule has 4 fully saturated rings. The van der Waals surface area contributed by atoms with Crippen molar-refractivity contribution in [2.45, 2.75) is 102 Å². The fourth-order valence-electron chi connectivity index (χ4n) is 8.10. The van der Waals surface area contributed by atoms with Crippen LogP contribution in [0.15, 0.2) is 24.3 Å². The van der Waals surface area contributed by atoms with Crippen molar-refractivity contribution in [2.75, 3.05) is 13.1 Å². The highest BCUT2D eigenvalue weighted by molar-refractivity contribution is 5.67. The zero-order chi connectivity index (χ0) is 24.0. The summed E-state index contributed by atoms with van der Waals surface area (Å²) in [5, 5.41) is 9.40. The van der Waals surface area contributed by atoms with E-state index < -0.39 is 17.7 Å². The van der Waals surface area contributed by atoms with Gasteiger partial charge in [0.2, 0.25) is 0 Å². The van der Waals surface area contributed by atoms with Crippen LogP contribution >= 0.6 is 0 Å². The van der Waals surface area contributed by atoms with E-state index in [0.29, 0.717) is 16.9 Å². The molecule has 3 saturated carbocycles. The molecule has 0 radical (unpaired) electrons. The van der Waals surface area contributed by atoms with Crippen LogP contribution in [-0.2, 0) is 11.0 Å². The Morgan fingerprint density at radius 2 is 1.56 bits per heavy atom. The molecule has 3 aliphatic carbocycles. The van der Waals surface area contributed by atoms with Gasteiger partial charge in [-0.3, -0.25) is 9.69 Å². The monoisotopic (exact) mass is 477 g/mol. The zero-order valence-electron chi connectivity index (χ0n) is 20.1. The van der Waals surface area contributed by atoms with E-state index in [-0.39, 0.29) is 18.3 Å². The van der Waals surface area contributed by atoms with E-state index in [1.165, 1.54) is 69.9 Å². The van der Waals surface area contributed by atoms with Crippen LogP contribution in [0.3, 0.4) is 0 Å². The highest BCUT2D eigenvalue weighted by Gasteiger charge is 2.52. The van der Waals surface area contributed by atoms with Gasteiger partial charge in [-0.2, -0.15) is 13.2 Å². The third kappa shape index (κ3) is 4.89. The topological polar surface area (TPSA) is 40.5 Å². The number of carbonyl (C=O) groups is 1. The lowest BCUT2D eigenvalue weighted by atomic mass is 9.54. The van der Waals surface area contributed by atoms with Crippen molar-refractivity contribution in [3.63, 3.8) is 0 Å². The molecule has 0 unspecified atom stereocenters. The van der Waals surface area contributed by atoms with Crippen LogP contribution < -0.4 is 0 Å². The number of nitrogens with zero attached hydrogens (tertiary/aromatic N) is 1. The maximum Gasteiger partial charge on any atom is 0.416 e. The first kappa shape index (κ1) is 24.1. The largest absolute Gasteiger partial charge is 0.481 e. The summed E-state index contributed by atoms with van der Waals surface area (Å²) in [6, 6.07) is 6.02. The molecule has 0 bridgehead atoms. The Kier molecular flexibility index (Phi) is 6.50. The van der Waals surface area contributed by atoms with Gasteiger partial charge in [0.15, 0.2) is 0 Å². The number of hydrogen-bond acceptors (Lipinski definition) is 2. The highest BCUT2D eigenvalue weighted by atomic mass is 19.4. The third-order valence-corrected chi connectivity index (χ3v) is 9.68. The van der Waals surface area contributed by atoms with E-state index in [1.54, 1.807) is 12.1 Å². The lowest BCUT2D eigenvalue weighted by molar-refractivity contribution is -0.139. The lowest BCUT2D eigenvalue weighted by Gasteiger charge is -2.60. The first-order chi connectivity index (χ1) is 16.2. The van der Waals surface area contributed by atoms with Crippen molar-refractivity contribution in [3.8, 4) is 0 Å². The minimum atomic E-state index is -4.34. The van der Waals surface area contributed by atoms with Gasteiger partial charge >= 0.3 is 12.1 Å². The number of carboxylic acid groups (broad SMARTS) is 1. The Hall–Kier alpha value is -1.56. The first-order valence-electron chi connectivity index (χ1n) is 13.3.